The van der Waals surface area contributed by atoms with Crippen LogP contribution < -0.4 is 5.32 Å². The summed E-state index contributed by atoms with van der Waals surface area (Å²) in [6, 6.07) is 2.42. The van der Waals surface area contributed by atoms with Gasteiger partial charge in [0.25, 0.3) is 0 Å². The predicted molar refractivity (Wildman–Crippen MR) is 56.1 cm³/mol. The van der Waals surface area contributed by atoms with Gasteiger partial charge in [-0.05, 0) is 13.0 Å². The number of nitrogens with one attached hydrogen (secondary N) is 1. The predicted octanol–water partition coefficient (Wildman–Crippen LogP) is 0.550. The van der Waals surface area contributed by atoms with Crippen LogP contribution in [0.3, 0.4) is 0 Å². The summed E-state index contributed by atoms with van der Waals surface area (Å²) in [7, 11) is 0. The van der Waals surface area contributed by atoms with E-state index < -0.39 is 0 Å². The number of aliphatic hydroxyl groups excluding tert-OH is 1. The van der Waals surface area contributed by atoms with E-state index in [4.69, 9.17) is 5.11 Å². The third kappa shape index (κ3) is 3.47. The molecule has 0 spiro atoms. The zero-order chi connectivity index (χ0) is 10.6. The Bertz CT molecular complexity index is 270. The Hall–Kier alpha value is -0.870. The number of aromatic nitrogens is 2. The Morgan fingerprint density at radius 1 is 1.57 bits per heavy atom. The van der Waals surface area contributed by atoms with Gasteiger partial charge in [0.15, 0.2) is 0 Å². The Kier molecular flexibility index (Phi) is 4.10. The maximum atomic E-state index is 9.14. The average molecular weight is 197 g/mol. The van der Waals surface area contributed by atoms with Crippen molar-refractivity contribution in [3.8, 4) is 0 Å². The van der Waals surface area contributed by atoms with Gasteiger partial charge in [-0.25, -0.2) is 0 Å². The third-order valence-corrected chi connectivity index (χ3v) is 1.97. The molecule has 1 unspecified atom stereocenters. The van der Waals surface area contributed by atoms with Gasteiger partial charge < -0.3 is 10.4 Å². The van der Waals surface area contributed by atoms with Gasteiger partial charge in [0, 0.05) is 18.3 Å². The highest BCUT2D eigenvalue weighted by atomic mass is 16.3. The number of hydrogen-bond donors (Lipinski definition) is 2. The van der Waals surface area contributed by atoms with Crippen molar-refractivity contribution in [1.82, 2.24) is 15.1 Å². The van der Waals surface area contributed by atoms with Crippen LogP contribution in [0.5, 0.6) is 0 Å². The van der Waals surface area contributed by atoms with Crippen LogP contribution in [0.25, 0.3) is 0 Å². The highest BCUT2D eigenvalue weighted by Crippen LogP contribution is 1.96. The molecule has 0 bridgehead atoms. The van der Waals surface area contributed by atoms with Crippen molar-refractivity contribution >= 4 is 0 Å². The van der Waals surface area contributed by atoms with Crippen LogP contribution in [-0.4, -0.2) is 33.6 Å². The smallest absolute Gasteiger partial charge is 0.0602 e. The van der Waals surface area contributed by atoms with Crippen LogP contribution in [0.1, 0.15) is 19.5 Å². The second kappa shape index (κ2) is 5.12. The van der Waals surface area contributed by atoms with Gasteiger partial charge >= 0.3 is 0 Å². The first-order valence-corrected chi connectivity index (χ1v) is 4.98. The minimum atomic E-state index is 0.0781. The molecular formula is C10H19N3O. The fraction of sp³-hybridized carbons (Fsp3) is 0.700. The Labute approximate surface area is 84.9 Å². The first-order chi connectivity index (χ1) is 6.61. The van der Waals surface area contributed by atoms with Gasteiger partial charge in [-0.15, -0.1) is 0 Å². The van der Waals surface area contributed by atoms with E-state index in [1.54, 1.807) is 0 Å². The summed E-state index contributed by atoms with van der Waals surface area (Å²) in [5, 5.41) is 16.7. The summed E-state index contributed by atoms with van der Waals surface area (Å²) in [5.41, 5.74) is 1.01. The summed E-state index contributed by atoms with van der Waals surface area (Å²) in [6.45, 7) is 6.94. The molecule has 0 saturated carbocycles. The largest absolute Gasteiger partial charge is 0.395 e. The van der Waals surface area contributed by atoms with E-state index in [0.717, 1.165) is 5.69 Å². The van der Waals surface area contributed by atoms with E-state index in [0.29, 0.717) is 12.6 Å². The van der Waals surface area contributed by atoms with Crippen molar-refractivity contribution in [3.05, 3.63) is 18.0 Å². The standard InChI is InChI=1S/C10H19N3O/c1-8(2)11-10(7-14)6-13-5-4-9(3)12-13/h4-5,8,10-11,14H,6-7H2,1-3H3. The molecule has 14 heavy (non-hydrogen) atoms. The van der Waals surface area contributed by atoms with Gasteiger partial charge in [-0.1, -0.05) is 13.8 Å². The zero-order valence-electron chi connectivity index (χ0n) is 9.07. The molecule has 0 aromatic carbocycles. The fourth-order valence-electron chi connectivity index (χ4n) is 1.43. The molecule has 0 aliphatic heterocycles. The second-order valence-electron chi connectivity index (χ2n) is 3.88. The van der Waals surface area contributed by atoms with Crippen LogP contribution in [0.2, 0.25) is 0 Å². The number of aryl methyl sites for hydroxylation is 1. The fourth-order valence-corrected chi connectivity index (χ4v) is 1.43. The molecule has 80 valence electrons. The van der Waals surface area contributed by atoms with Crippen LogP contribution in [0, 0.1) is 6.92 Å². The third-order valence-electron chi connectivity index (χ3n) is 1.97. The maximum Gasteiger partial charge on any atom is 0.0602 e. The van der Waals surface area contributed by atoms with E-state index in [9.17, 15) is 0 Å². The molecule has 1 aromatic rings. The number of nitrogens with zero attached hydrogens (tertiary/aromatic N) is 2. The molecule has 0 radical (unpaired) electrons. The van der Waals surface area contributed by atoms with E-state index >= 15 is 0 Å². The summed E-state index contributed by atoms with van der Waals surface area (Å²) >= 11 is 0. The lowest BCUT2D eigenvalue weighted by Crippen LogP contribution is -2.40. The van der Waals surface area contributed by atoms with Gasteiger partial charge in [0.1, 0.15) is 0 Å². The Morgan fingerprint density at radius 2 is 2.29 bits per heavy atom. The normalized spacial score (nSPS) is 13.5. The highest BCUT2D eigenvalue weighted by Gasteiger charge is 2.09. The van der Waals surface area contributed by atoms with E-state index in [1.807, 2.05) is 23.9 Å². The van der Waals surface area contributed by atoms with Crippen molar-refractivity contribution in [2.75, 3.05) is 6.61 Å². The summed E-state index contributed by atoms with van der Waals surface area (Å²) in [5.74, 6) is 0. The van der Waals surface area contributed by atoms with Crippen LogP contribution in [0.15, 0.2) is 12.3 Å². The molecule has 4 heteroatoms. The lowest BCUT2D eigenvalue weighted by Gasteiger charge is -2.18. The topological polar surface area (TPSA) is 50.1 Å². The molecule has 1 atom stereocenters. The monoisotopic (exact) mass is 197 g/mol. The summed E-state index contributed by atoms with van der Waals surface area (Å²) < 4.78 is 1.85. The highest BCUT2D eigenvalue weighted by molar-refractivity contribution is 4.95. The van der Waals surface area contributed by atoms with E-state index in [-0.39, 0.29) is 12.6 Å². The van der Waals surface area contributed by atoms with Crippen LogP contribution in [-0.2, 0) is 6.54 Å². The molecular weight excluding hydrogens is 178 g/mol. The van der Waals surface area contributed by atoms with Gasteiger partial charge in [-0.2, -0.15) is 5.10 Å². The van der Waals surface area contributed by atoms with Gasteiger partial charge in [0.05, 0.1) is 18.8 Å². The maximum absolute atomic E-state index is 9.14. The molecule has 1 aromatic heterocycles. The van der Waals surface area contributed by atoms with Gasteiger partial charge in [-0.3, -0.25) is 4.68 Å². The Balaban J connectivity index is 2.48. The van der Waals surface area contributed by atoms with Crippen LogP contribution >= 0.6 is 0 Å². The summed E-state index contributed by atoms with van der Waals surface area (Å²) in [4.78, 5) is 0. The molecule has 0 aliphatic rings. The van der Waals surface area contributed by atoms with E-state index in [1.165, 1.54) is 0 Å². The minimum absolute atomic E-state index is 0.0781. The molecule has 2 N–H and O–H groups in total. The SMILES string of the molecule is Cc1ccn(CC(CO)NC(C)C)n1. The van der Waals surface area contributed by atoms with Crippen molar-refractivity contribution in [1.29, 1.82) is 0 Å². The molecule has 0 amide bonds. The second-order valence-corrected chi connectivity index (χ2v) is 3.88. The van der Waals surface area contributed by atoms with Gasteiger partial charge in [0.2, 0.25) is 0 Å². The first-order valence-electron chi connectivity index (χ1n) is 4.98. The van der Waals surface area contributed by atoms with Crippen LogP contribution in [0.4, 0.5) is 0 Å². The minimum Gasteiger partial charge on any atom is -0.395 e. The number of rotatable bonds is 5. The van der Waals surface area contributed by atoms with Crippen molar-refractivity contribution in [2.24, 2.45) is 0 Å². The molecule has 0 aliphatic carbocycles. The average Bonchev–Trinajstić information content (AvgIpc) is 2.49. The molecule has 0 saturated heterocycles. The zero-order valence-corrected chi connectivity index (χ0v) is 9.07. The van der Waals surface area contributed by atoms with Crippen molar-refractivity contribution in [2.45, 2.75) is 39.4 Å². The quantitative estimate of drug-likeness (QED) is 0.725. The van der Waals surface area contributed by atoms with Crippen molar-refractivity contribution < 1.29 is 5.11 Å². The lowest BCUT2D eigenvalue weighted by molar-refractivity contribution is 0.218. The molecule has 1 heterocycles. The molecule has 4 nitrogen and oxygen atoms in total. The first kappa shape index (κ1) is 11.2. The number of hydrogen-bond acceptors (Lipinski definition) is 3. The van der Waals surface area contributed by atoms with Crippen molar-refractivity contribution in [3.63, 3.8) is 0 Å². The molecule has 0 fully saturated rings. The lowest BCUT2D eigenvalue weighted by atomic mass is 10.2. The molecule has 1 rings (SSSR count). The Morgan fingerprint density at radius 3 is 2.71 bits per heavy atom. The number of aliphatic hydroxyl groups is 1. The summed E-state index contributed by atoms with van der Waals surface area (Å²) in [6.07, 6.45) is 1.93. The van der Waals surface area contributed by atoms with E-state index in [2.05, 4.69) is 24.3 Å².